The molecule has 0 aromatic carbocycles. The average Bonchev–Trinajstić information content (AvgIpc) is 2.52. The van der Waals surface area contributed by atoms with Crippen molar-refractivity contribution in [3.8, 4) is 0 Å². The number of hydrogen-bond donors (Lipinski definition) is 0. The van der Waals surface area contributed by atoms with Gasteiger partial charge < -0.3 is 14.2 Å². The van der Waals surface area contributed by atoms with Gasteiger partial charge in [0.25, 0.3) is 0 Å². The molecule has 0 aromatic rings. The van der Waals surface area contributed by atoms with Gasteiger partial charge >= 0.3 is 0 Å². The number of rotatable bonds is 7. The Bertz CT molecular complexity index is 483. The largest absolute Gasteiger partial charge is 0.376 e. The zero-order chi connectivity index (χ0) is 17.8. The molecule has 0 saturated carbocycles. The highest BCUT2D eigenvalue weighted by molar-refractivity contribution is 7.89. The van der Waals surface area contributed by atoms with Gasteiger partial charge in [-0.1, -0.05) is 0 Å². The first-order valence-electron chi connectivity index (χ1n) is 9.11. The van der Waals surface area contributed by atoms with E-state index in [2.05, 4.69) is 0 Å². The quantitative estimate of drug-likeness (QED) is 0.649. The smallest absolute Gasteiger partial charge is 0.216 e. The van der Waals surface area contributed by atoms with E-state index in [0.29, 0.717) is 32.9 Å². The second kappa shape index (κ2) is 8.45. The van der Waals surface area contributed by atoms with E-state index >= 15 is 0 Å². The van der Waals surface area contributed by atoms with Gasteiger partial charge in [-0.15, -0.1) is 0 Å². The van der Waals surface area contributed by atoms with Crippen LogP contribution in [-0.4, -0.2) is 68.7 Å². The molecular formula is C17H33NO5S. The molecule has 1 unspecified atom stereocenters. The van der Waals surface area contributed by atoms with Crippen LogP contribution in [0.2, 0.25) is 0 Å². The highest BCUT2D eigenvalue weighted by Gasteiger charge is 2.43. The van der Waals surface area contributed by atoms with Crippen LogP contribution in [0.15, 0.2) is 0 Å². The maximum atomic E-state index is 12.3. The van der Waals surface area contributed by atoms with Crippen molar-refractivity contribution in [2.24, 2.45) is 0 Å². The van der Waals surface area contributed by atoms with E-state index in [-0.39, 0.29) is 23.1 Å². The zero-order valence-electron chi connectivity index (χ0n) is 15.5. The predicted molar refractivity (Wildman–Crippen MR) is 93.6 cm³/mol. The fraction of sp³-hybridized carbons (Fsp3) is 1.00. The number of hydrogen-bond acceptors (Lipinski definition) is 5. The van der Waals surface area contributed by atoms with Crippen molar-refractivity contribution < 1.29 is 22.6 Å². The van der Waals surface area contributed by atoms with Crippen molar-refractivity contribution in [1.29, 1.82) is 0 Å². The van der Waals surface area contributed by atoms with Crippen LogP contribution in [0, 0.1) is 0 Å². The van der Waals surface area contributed by atoms with Crippen LogP contribution in [0.1, 0.15) is 53.4 Å². The molecule has 0 aromatic heterocycles. The lowest BCUT2D eigenvalue weighted by Crippen LogP contribution is -2.53. The van der Waals surface area contributed by atoms with Crippen LogP contribution >= 0.6 is 0 Å². The normalized spacial score (nSPS) is 25.7. The van der Waals surface area contributed by atoms with Crippen LogP contribution in [0.25, 0.3) is 0 Å². The van der Waals surface area contributed by atoms with Gasteiger partial charge in [-0.3, -0.25) is 0 Å². The number of nitrogens with zero attached hydrogens (tertiary/aromatic N) is 1. The summed E-state index contributed by atoms with van der Waals surface area (Å²) in [6.07, 6.45) is 3.66. The Morgan fingerprint density at radius 2 is 1.83 bits per heavy atom. The van der Waals surface area contributed by atoms with Gasteiger partial charge in [-0.05, 0) is 47.0 Å². The molecule has 2 aliphatic heterocycles. The summed E-state index contributed by atoms with van der Waals surface area (Å²) in [5.74, 6) is 0. The molecule has 142 valence electrons. The van der Waals surface area contributed by atoms with Gasteiger partial charge in [0, 0.05) is 26.1 Å². The van der Waals surface area contributed by atoms with Crippen molar-refractivity contribution >= 4 is 10.0 Å². The molecule has 0 aliphatic carbocycles. The van der Waals surface area contributed by atoms with Crippen molar-refractivity contribution in [3.05, 3.63) is 0 Å². The van der Waals surface area contributed by atoms with Crippen molar-refractivity contribution in [3.63, 3.8) is 0 Å². The first-order valence-corrected chi connectivity index (χ1v) is 10.6. The van der Waals surface area contributed by atoms with Crippen LogP contribution < -0.4 is 0 Å². The van der Waals surface area contributed by atoms with E-state index in [9.17, 15) is 8.42 Å². The minimum absolute atomic E-state index is 0.183. The van der Waals surface area contributed by atoms with E-state index < -0.39 is 10.0 Å². The second-order valence-corrected chi connectivity index (χ2v) is 9.92. The lowest BCUT2D eigenvalue weighted by atomic mass is 9.84. The minimum Gasteiger partial charge on any atom is -0.376 e. The fourth-order valence-electron chi connectivity index (χ4n) is 3.42. The Hall–Kier alpha value is -0.210. The SMILES string of the molecule is CC(C)OCCOC1CCOC2(CCN(S(=O)(=O)C(C)C)CC2)C1. The molecule has 2 saturated heterocycles. The highest BCUT2D eigenvalue weighted by atomic mass is 32.2. The number of ether oxygens (including phenoxy) is 3. The summed E-state index contributed by atoms with van der Waals surface area (Å²) in [4.78, 5) is 0. The third-order valence-electron chi connectivity index (χ3n) is 4.93. The molecule has 0 radical (unpaired) electrons. The predicted octanol–water partition coefficient (Wildman–Crippen LogP) is 2.18. The summed E-state index contributed by atoms with van der Waals surface area (Å²) in [5, 5.41) is -0.365. The molecular weight excluding hydrogens is 330 g/mol. The summed E-state index contributed by atoms with van der Waals surface area (Å²) in [7, 11) is -3.16. The van der Waals surface area contributed by atoms with E-state index in [1.807, 2.05) is 13.8 Å². The van der Waals surface area contributed by atoms with Gasteiger partial charge in [-0.25, -0.2) is 12.7 Å². The summed E-state index contributed by atoms with van der Waals surface area (Å²) in [5.41, 5.74) is -0.217. The van der Waals surface area contributed by atoms with E-state index in [1.54, 1.807) is 18.2 Å². The first-order chi connectivity index (χ1) is 11.3. The Morgan fingerprint density at radius 3 is 2.42 bits per heavy atom. The Kier molecular flexibility index (Phi) is 7.08. The Labute approximate surface area is 146 Å². The highest BCUT2D eigenvalue weighted by Crippen LogP contribution is 2.37. The molecule has 1 atom stereocenters. The Balaban J connectivity index is 1.82. The van der Waals surface area contributed by atoms with E-state index in [1.165, 1.54) is 0 Å². The van der Waals surface area contributed by atoms with Gasteiger partial charge in [0.15, 0.2) is 0 Å². The fourth-order valence-corrected chi connectivity index (χ4v) is 4.71. The van der Waals surface area contributed by atoms with Crippen LogP contribution in [0.5, 0.6) is 0 Å². The van der Waals surface area contributed by atoms with E-state index in [0.717, 1.165) is 25.7 Å². The lowest BCUT2D eigenvalue weighted by molar-refractivity contribution is -0.154. The molecule has 2 aliphatic rings. The summed E-state index contributed by atoms with van der Waals surface area (Å²) in [6, 6.07) is 0. The van der Waals surface area contributed by atoms with Crippen molar-refractivity contribution in [1.82, 2.24) is 4.31 Å². The van der Waals surface area contributed by atoms with Gasteiger partial charge in [-0.2, -0.15) is 0 Å². The molecule has 0 N–H and O–H groups in total. The first kappa shape index (κ1) is 20.1. The molecule has 24 heavy (non-hydrogen) atoms. The third kappa shape index (κ3) is 5.14. The molecule has 7 heteroatoms. The average molecular weight is 364 g/mol. The summed E-state index contributed by atoms with van der Waals surface area (Å²) < 4.78 is 43.8. The van der Waals surface area contributed by atoms with Crippen LogP contribution in [-0.2, 0) is 24.2 Å². The standard InChI is InChI=1S/C17H33NO5S/c1-14(2)21-11-12-22-16-5-10-23-17(13-16)6-8-18(9-7-17)24(19,20)15(3)4/h14-16H,5-13H2,1-4H3. The minimum atomic E-state index is -3.16. The van der Waals surface area contributed by atoms with Gasteiger partial charge in [0.05, 0.1) is 36.3 Å². The Morgan fingerprint density at radius 1 is 1.17 bits per heavy atom. The maximum absolute atomic E-state index is 12.3. The number of piperidine rings is 1. The number of sulfonamides is 1. The van der Waals surface area contributed by atoms with Crippen molar-refractivity contribution in [2.45, 2.75) is 76.4 Å². The topological polar surface area (TPSA) is 65.1 Å². The molecule has 2 rings (SSSR count). The summed E-state index contributed by atoms with van der Waals surface area (Å²) in [6.45, 7) is 10.5. The van der Waals surface area contributed by atoms with E-state index in [4.69, 9.17) is 14.2 Å². The zero-order valence-corrected chi connectivity index (χ0v) is 16.3. The molecule has 6 nitrogen and oxygen atoms in total. The molecule has 0 bridgehead atoms. The molecule has 1 spiro atoms. The van der Waals surface area contributed by atoms with Gasteiger partial charge in [0.1, 0.15) is 0 Å². The summed E-state index contributed by atoms with van der Waals surface area (Å²) >= 11 is 0. The van der Waals surface area contributed by atoms with Crippen LogP contribution in [0.4, 0.5) is 0 Å². The van der Waals surface area contributed by atoms with Crippen LogP contribution in [0.3, 0.4) is 0 Å². The molecule has 2 heterocycles. The van der Waals surface area contributed by atoms with Crippen molar-refractivity contribution in [2.75, 3.05) is 32.9 Å². The lowest BCUT2D eigenvalue weighted by Gasteiger charge is -2.45. The maximum Gasteiger partial charge on any atom is 0.216 e. The third-order valence-corrected chi connectivity index (χ3v) is 7.20. The van der Waals surface area contributed by atoms with Gasteiger partial charge in [0.2, 0.25) is 10.0 Å². The molecule has 2 fully saturated rings. The second-order valence-electron chi connectivity index (χ2n) is 7.43. The monoisotopic (exact) mass is 363 g/mol. The molecule has 0 amide bonds.